The normalized spacial score (nSPS) is 9.41. The van der Waals surface area contributed by atoms with Crippen molar-refractivity contribution in [1.29, 1.82) is 0 Å². The van der Waals surface area contributed by atoms with Gasteiger partial charge in [-0.15, -0.1) is 0 Å². The van der Waals surface area contributed by atoms with Crippen molar-refractivity contribution in [1.82, 2.24) is 0 Å². The predicted molar refractivity (Wildman–Crippen MR) is 110 cm³/mol. The van der Waals surface area contributed by atoms with Crippen LogP contribution in [0.4, 0.5) is 20.2 Å². The summed E-state index contributed by atoms with van der Waals surface area (Å²) >= 11 is 0. The van der Waals surface area contributed by atoms with Crippen LogP contribution in [-0.4, -0.2) is 24.1 Å². The van der Waals surface area contributed by atoms with Crippen LogP contribution in [0, 0.1) is 17.6 Å². The first-order chi connectivity index (χ1) is 15.2. The number of benzene rings is 2. The van der Waals surface area contributed by atoms with Crippen LogP contribution in [0.3, 0.4) is 0 Å². The SMILES string of the molecule is CCC(=O)Nc1ccccc1F.CCC(C)C(=O)Nc1ccccc1F.O=C=O.O=C=O. The van der Waals surface area contributed by atoms with E-state index in [2.05, 4.69) is 10.6 Å². The van der Waals surface area contributed by atoms with Gasteiger partial charge in [0.15, 0.2) is 0 Å². The average Bonchev–Trinajstić information content (AvgIpc) is 2.77. The molecule has 2 aromatic carbocycles. The Hall–Kier alpha value is -4.00. The Kier molecular flexibility index (Phi) is 17.9. The number of hydrogen-bond donors (Lipinski definition) is 2. The highest BCUT2D eigenvalue weighted by atomic mass is 19.1. The molecule has 0 spiro atoms. The first kappa shape index (κ1) is 30.2. The highest BCUT2D eigenvalue weighted by Gasteiger charge is 2.11. The molecule has 0 aliphatic carbocycles. The molecule has 172 valence electrons. The van der Waals surface area contributed by atoms with Crippen LogP contribution in [0.15, 0.2) is 48.5 Å². The third-order valence-electron chi connectivity index (χ3n) is 3.66. The van der Waals surface area contributed by atoms with Crippen molar-refractivity contribution in [3.63, 3.8) is 0 Å². The predicted octanol–water partition coefficient (Wildman–Crippen LogP) is 3.82. The van der Waals surface area contributed by atoms with Gasteiger partial charge in [-0.05, 0) is 30.7 Å². The molecule has 2 aromatic rings. The minimum absolute atomic E-state index is 0.0883. The molecular weight excluding hydrogens is 426 g/mol. The minimum atomic E-state index is -0.403. The number of carbonyl (C=O) groups is 2. The zero-order valence-corrected chi connectivity index (χ0v) is 17.8. The lowest BCUT2D eigenvalue weighted by Crippen LogP contribution is -2.20. The molecule has 2 amide bonds. The Balaban J connectivity index is 0. The molecular formula is C22H24F2N2O6. The third-order valence-corrected chi connectivity index (χ3v) is 3.66. The van der Waals surface area contributed by atoms with Crippen molar-refractivity contribution in [2.24, 2.45) is 5.92 Å². The molecule has 0 saturated heterocycles. The molecule has 1 atom stereocenters. The van der Waals surface area contributed by atoms with Crippen molar-refractivity contribution < 1.29 is 37.5 Å². The van der Waals surface area contributed by atoms with Gasteiger partial charge in [0.1, 0.15) is 11.6 Å². The molecule has 1 unspecified atom stereocenters. The maximum Gasteiger partial charge on any atom is 0.373 e. The van der Waals surface area contributed by atoms with Crippen molar-refractivity contribution in [2.75, 3.05) is 10.6 Å². The van der Waals surface area contributed by atoms with Crippen LogP contribution in [0.2, 0.25) is 0 Å². The van der Waals surface area contributed by atoms with Crippen LogP contribution < -0.4 is 10.6 Å². The van der Waals surface area contributed by atoms with Crippen molar-refractivity contribution in [3.8, 4) is 0 Å². The molecule has 0 fully saturated rings. The molecule has 0 aromatic heterocycles. The summed E-state index contributed by atoms with van der Waals surface area (Å²) in [6.07, 6.45) is 1.61. The Labute approximate surface area is 184 Å². The molecule has 8 nitrogen and oxygen atoms in total. The molecule has 32 heavy (non-hydrogen) atoms. The lowest BCUT2D eigenvalue weighted by atomic mass is 10.1. The molecule has 2 N–H and O–H groups in total. The Bertz CT molecular complexity index is 897. The van der Waals surface area contributed by atoms with Gasteiger partial charge in [0.2, 0.25) is 11.8 Å². The number of hydrogen-bond acceptors (Lipinski definition) is 6. The van der Waals surface area contributed by atoms with Crippen molar-refractivity contribution in [2.45, 2.75) is 33.6 Å². The summed E-state index contributed by atoms with van der Waals surface area (Å²) in [5.41, 5.74) is 0.488. The lowest BCUT2D eigenvalue weighted by Gasteiger charge is -2.10. The lowest BCUT2D eigenvalue weighted by molar-refractivity contribution is -0.193. The number of nitrogens with one attached hydrogen (secondary N) is 2. The Morgan fingerprint density at radius 2 is 1.19 bits per heavy atom. The van der Waals surface area contributed by atoms with Gasteiger partial charge in [-0.25, -0.2) is 8.78 Å². The summed E-state index contributed by atoms with van der Waals surface area (Å²) < 4.78 is 26.0. The van der Waals surface area contributed by atoms with Crippen LogP contribution >= 0.6 is 0 Å². The van der Waals surface area contributed by atoms with Gasteiger partial charge in [-0.1, -0.05) is 45.0 Å². The highest BCUT2D eigenvalue weighted by Crippen LogP contribution is 2.14. The average molecular weight is 450 g/mol. The summed E-state index contributed by atoms with van der Waals surface area (Å²) in [7, 11) is 0. The smallest absolute Gasteiger partial charge is 0.324 e. The van der Waals surface area contributed by atoms with E-state index in [-0.39, 0.29) is 41.4 Å². The molecule has 0 saturated carbocycles. The largest absolute Gasteiger partial charge is 0.373 e. The number of carbonyl (C=O) groups excluding carboxylic acids is 6. The molecule has 0 radical (unpaired) electrons. The van der Waals surface area contributed by atoms with Gasteiger partial charge in [0.25, 0.3) is 0 Å². The topological polar surface area (TPSA) is 126 Å². The van der Waals surface area contributed by atoms with Crippen molar-refractivity contribution in [3.05, 3.63) is 60.2 Å². The van der Waals surface area contributed by atoms with E-state index in [9.17, 15) is 18.4 Å². The fraction of sp³-hybridized carbons (Fsp3) is 0.273. The molecule has 10 heteroatoms. The molecule has 0 bridgehead atoms. The number of anilines is 2. The fourth-order valence-corrected chi connectivity index (χ4v) is 1.81. The first-order valence-corrected chi connectivity index (χ1v) is 9.30. The second-order valence-corrected chi connectivity index (χ2v) is 5.83. The number of para-hydroxylation sites is 2. The molecule has 2 rings (SSSR count). The Morgan fingerprint density at radius 1 is 0.812 bits per heavy atom. The van der Waals surface area contributed by atoms with E-state index in [1.54, 1.807) is 37.3 Å². The summed E-state index contributed by atoms with van der Waals surface area (Å²) in [6.45, 7) is 5.46. The molecule has 0 heterocycles. The number of halogens is 2. The zero-order chi connectivity index (χ0) is 24.9. The van der Waals surface area contributed by atoms with E-state index < -0.39 is 11.6 Å². The standard InChI is InChI=1S/C11H14FNO.C9H10FNO.2CO2/c1-3-8(2)11(14)13-10-7-5-4-6-9(10)12;1-2-9(12)11-8-6-4-3-5-7(8)10;2*2-1-3/h4-8H,3H2,1-2H3,(H,13,14);3-6H,2H2,1H3,(H,11,12);;. The van der Waals surface area contributed by atoms with Gasteiger partial charge in [-0.2, -0.15) is 19.2 Å². The van der Waals surface area contributed by atoms with E-state index in [0.29, 0.717) is 6.42 Å². The fourth-order valence-electron chi connectivity index (χ4n) is 1.81. The van der Waals surface area contributed by atoms with E-state index in [4.69, 9.17) is 19.2 Å². The maximum absolute atomic E-state index is 13.1. The van der Waals surface area contributed by atoms with Crippen molar-refractivity contribution >= 4 is 35.5 Å². The summed E-state index contributed by atoms with van der Waals surface area (Å²) in [4.78, 5) is 54.8. The zero-order valence-electron chi connectivity index (χ0n) is 17.8. The first-order valence-electron chi connectivity index (χ1n) is 9.30. The van der Waals surface area contributed by atoms with Gasteiger partial charge < -0.3 is 10.6 Å². The van der Waals surface area contributed by atoms with Gasteiger partial charge in [-0.3, -0.25) is 9.59 Å². The summed E-state index contributed by atoms with van der Waals surface area (Å²) in [5.74, 6) is -1.21. The third kappa shape index (κ3) is 14.1. The van der Waals surface area contributed by atoms with Gasteiger partial charge in [0.05, 0.1) is 11.4 Å². The maximum atomic E-state index is 13.1. The molecule has 0 aliphatic rings. The summed E-state index contributed by atoms with van der Waals surface area (Å²) in [6, 6.07) is 12.3. The van der Waals surface area contributed by atoms with Crippen LogP contribution in [0.25, 0.3) is 0 Å². The quantitative estimate of drug-likeness (QED) is 0.713. The second-order valence-electron chi connectivity index (χ2n) is 5.83. The van der Waals surface area contributed by atoms with E-state index in [0.717, 1.165) is 6.42 Å². The molecule has 0 aliphatic heterocycles. The van der Waals surface area contributed by atoms with E-state index >= 15 is 0 Å². The minimum Gasteiger partial charge on any atom is -0.324 e. The monoisotopic (exact) mass is 450 g/mol. The van der Waals surface area contributed by atoms with Gasteiger partial charge in [0, 0.05) is 12.3 Å². The van der Waals surface area contributed by atoms with Gasteiger partial charge >= 0.3 is 12.3 Å². The van der Waals surface area contributed by atoms with Crippen LogP contribution in [0.1, 0.15) is 33.6 Å². The Morgan fingerprint density at radius 3 is 1.53 bits per heavy atom. The van der Waals surface area contributed by atoms with E-state index in [1.165, 1.54) is 18.2 Å². The van der Waals surface area contributed by atoms with Crippen LogP contribution in [0.5, 0.6) is 0 Å². The number of amides is 2. The highest BCUT2D eigenvalue weighted by molar-refractivity contribution is 5.92. The summed E-state index contributed by atoms with van der Waals surface area (Å²) in [5, 5.41) is 4.99. The van der Waals surface area contributed by atoms with E-state index in [1.807, 2.05) is 13.8 Å². The van der Waals surface area contributed by atoms with Crippen LogP contribution in [-0.2, 0) is 28.8 Å². The number of rotatable bonds is 5. The second kappa shape index (κ2) is 19.0.